The van der Waals surface area contributed by atoms with E-state index in [9.17, 15) is 4.79 Å². The number of nitrogens with two attached hydrogens (primary N) is 1. The summed E-state index contributed by atoms with van der Waals surface area (Å²) in [5, 5.41) is 3.35. The standard InChI is InChI=1S/C16H25N5O/c1-20-7-9-21(10-8-20)12-16(4-5-16)11-19-15-13(14(17)22)3-2-6-18-15/h2-3,6H,4-5,7-12H2,1H3,(H2,17,22)(H,18,19). The van der Waals surface area contributed by atoms with Gasteiger partial charge >= 0.3 is 0 Å². The number of likely N-dealkylation sites (N-methyl/N-ethyl adjacent to an activating group) is 1. The normalized spacial score (nSPS) is 21.5. The van der Waals surface area contributed by atoms with Crippen LogP contribution in [0.5, 0.6) is 0 Å². The number of rotatable bonds is 6. The van der Waals surface area contributed by atoms with E-state index in [0.717, 1.165) is 39.3 Å². The smallest absolute Gasteiger partial charge is 0.252 e. The second kappa shape index (κ2) is 6.22. The molecule has 3 N–H and O–H groups in total. The molecular formula is C16H25N5O. The Kier molecular flexibility index (Phi) is 4.31. The number of primary amides is 1. The first-order valence-electron chi connectivity index (χ1n) is 7.98. The van der Waals surface area contributed by atoms with Crippen LogP contribution in [0.1, 0.15) is 23.2 Å². The number of hydrogen-bond donors (Lipinski definition) is 2. The molecule has 1 saturated heterocycles. The molecule has 0 bridgehead atoms. The van der Waals surface area contributed by atoms with E-state index in [2.05, 4.69) is 27.1 Å². The number of hydrogen-bond acceptors (Lipinski definition) is 5. The molecule has 0 spiro atoms. The lowest BCUT2D eigenvalue weighted by Crippen LogP contribution is -2.47. The fourth-order valence-electron chi connectivity index (χ4n) is 3.06. The number of carbonyl (C=O) groups excluding carboxylic acids is 1. The predicted octanol–water partition coefficient (Wildman–Crippen LogP) is 0.620. The quantitative estimate of drug-likeness (QED) is 0.806. The zero-order valence-corrected chi connectivity index (χ0v) is 13.2. The summed E-state index contributed by atoms with van der Waals surface area (Å²) in [6.07, 6.45) is 4.17. The SMILES string of the molecule is CN1CCN(CC2(CNc3ncccc3C(N)=O)CC2)CC1. The highest BCUT2D eigenvalue weighted by Gasteiger charge is 2.44. The van der Waals surface area contributed by atoms with Crippen molar-refractivity contribution in [2.75, 3.05) is 51.6 Å². The van der Waals surface area contributed by atoms with Crippen molar-refractivity contribution in [3.8, 4) is 0 Å². The molecule has 1 aliphatic carbocycles. The third kappa shape index (κ3) is 3.56. The van der Waals surface area contributed by atoms with Crippen LogP contribution in [0.25, 0.3) is 0 Å². The highest BCUT2D eigenvalue weighted by molar-refractivity contribution is 5.97. The monoisotopic (exact) mass is 303 g/mol. The maximum atomic E-state index is 11.4. The first-order valence-corrected chi connectivity index (χ1v) is 7.98. The number of piperazine rings is 1. The van der Waals surface area contributed by atoms with Crippen molar-refractivity contribution < 1.29 is 4.79 Å². The van der Waals surface area contributed by atoms with Crippen molar-refractivity contribution in [2.45, 2.75) is 12.8 Å². The molecular weight excluding hydrogens is 278 g/mol. The maximum Gasteiger partial charge on any atom is 0.252 e. The van der Waals surface area contributed by atoms with Crippen LogP contribution in [-0.4, -0.2) is 67.0 Å². The molecule has 0 atom stereocenters. The van der Waals surface area contributed by atoms with Crippen molar-refractivity contribution in [2.24, 2.45) is 11.1 Å². The van der Waals surface area contributed by atoms with Gasteiger partial charge in [-0.3, -0.25) is 4.79 Å². The van der Waals surface area contributed by atoms with Crippen molar-refractivity contribution in [1.82, 2.24) is 14.8 Å². The Labute approximate surface area is 131 Å². The number of carbonyl (C=O) groups is 1. The number of nitrogens with zero attached hydrogens (tertiary/aromatic N) is 3. The van der Waals surface area contributed by atoms with E-state index in [0.29, 0.717) is 16.8 Å². The number of anilines is 1. The largest absolute Gasteiger partial charge is 0.369 e. The van der Waals surface area contributed by atoms with Gasteiger partial charge in [0.1, 0.15) is 5.82 Å². The predicted molar refractivity (Wildman–Crippen MR) is 86.8 cm³/mol. The van der Waals surface area contributed by atoms with Crippen LogP contribution in [0.4, 0.5) is 5.82 Å². The molecule has 6 heteroatoms. The molecule has 1 aromatic heterocycles. The molecule has 22 heavy (non-hydrogen) atoms. The van der Waals surface area contributed by atoms with Gasteiger partial charge < -0.3 is 20.9 Å². The molecule has 2 aliphatic rings. The van der Waals surface area contributed by atoms with Crippen molar-refractivity contribution in [3.63, 3.8) is 0 Å². The second-order valence-corrected chi connectivity index (χ2v) is 6.70. The van der Waals surface area contributed by atoms with Gasteiger partial charge in [0, 0.05) is 50.9 Å². The van der Waals surface area contributed by atoms with E-state index in [1.807, 2.05) is 0 Å². The Morgan fingerprint density at radius 1 is 1.36 bits per heavy atom. The van der Waals surface area contributed by atoms with Crippen molar-refractivity contribution >= 4 is 11.7 Å². The lowest BCUT2D eigenvalue weighted by Gasteiger charge is -2.35. The van der Waals surface area contributed by atoms with Crippen LogP contribution in [0, 0.1) is 5.41 Å². The average molecular weight is 303 g/mol. The summed E-state index contributed by atoms with van der Waals surface area (Å²) in [5.41, 5.74) is 6.21. The number of nitrogens with one attached hydrogen (secondary N) is 1. The minimum atomic E-state index is -0.431. The van der Waals surface area contributed by atoms with E-state index in [1.54, 1.807) is 18.3 Å². The Hall–Kier alpha value is -1.66. The minimum absolute atomic E-state index is 0.336. The third-order valence-corrected chi connectivity index (χ3v) is 4.82. The van der Waals surface area contributed by atoms with Crippen LogP contribution < -0.4 is 11.1 Å². The van der Waals surface area contributed by atoms with Gasteiger partial charge in [-0.1, -0.05) is 0 Å². The maximum absolute atomic E-state index is 11.4. The van der Waals surface area contributed by atoms with Crippen molar-refractivity contribution in [1.29, 1.82) is 0 Å². The summed E-state index contributed by atoms with van der Waals surface area (Å²) < 4.78 is 0. The molecule has 2 fully saturated rings. The zero-order chi connectivity index (χ0) is 15.6. The topological polar surface area (TPSA) is 74.5 Å². The Bertz CT molecular complexity index is 535. The van der Waals surface area contributed by atoms with Crippen LogP contribution >= 0.6 is 0 Å². The van der Waals surface area contributed by atoms with Gasteiger partial charge in [0.25, 0.3) is 5.91 Å². The van der Waals surface area contributed by atoms with Crippen LogP contribution in [0.2, 0.25) is 0 Å². The van der Waals surface area contributed by atoms with Crippen molar-refractivity contribution in [3.05, 3.63) is 23.9 Å². The second-order valence-electron chi connectivity index (χ2n) is 6.70. The van der Waals surface area contributed by atoms with Gasteiger partial charge in [-0.05, 0) is 32.0 Å². The van der Waals surface area contributed by atoms with Gasteiger partial charge in [-0.15, -0.1) is 0 Å². The molecule has 1 amide bonds. The summed E-state index contributed by atoms with van der Waals surface area (Å²) in [6.45, 7) is 6.58. The number of pyridine rings is 1. The summed E-state index contributed by atoms with van der Waals surface area (Å²) in [7, 11) is 2.18. The number of amides is 1. The zero-order valence-electron chi connectivity index (χ0n) is 13.2. The molecule has 1 saturated carbocycles. The van der Waals surface area contributed by atoms with Gasteiger partial charge in [0.2, 0.25) is 0 Å². The molecule has 6 nitrogen and oxygen atoms in total. The molecule has 2 heterocycles. The van der Waals surface area contributed by atoms with E-state index in [-0.39, 0.29) is 0 Å². The Balaban J connectivity index is 1.56. The lowest BCUT2D eigenvalue weighted by atomic mass is 10.1. The van der Waals surface area contributed by atoms with Crippen LogP contribution in [0.3, 0.4) is 0 Å². The summed E-state index contributed by atoms with van der Waals surface area (Å²) in [4.78, 5) is 20.6. The van der Waals surface area contributed by atoms with E-state index < -0.39 is 5.91 Å². The molecule has 1 aromatic rings. The molecule has 0 unspecified atom stereocenters. The number of aromatic nitrogens is 1. The fraction of sp³-hybridized carbons (Fsp3) is 0.625. The van der Waals surface area contributed by atoms with Gasteiger partial charge in [-0.2, -0.15) is 0 Å². The fourth-order valence-corrected chi connectivity index (χ4v) is 3.06. The van der Waals surface area contributed by atoms with Gasteiger partial charge in [0.05, 0.1) is 5.56 Å². The Morgan fingerprint density at radius 2 is 2.09 bits per heavy atom. The molecule has 120 valence electrons. The summed E-state index contributed by atoms with van der Waals surface area (Å²) in [5.74, 6) is 0.180. The van der Waals surface area contributed by atoms with Crippen LogP contribution in [0.15, 0.2) is 18.3 Å². The molecule has 1 aliphatic heterocycles. The Morgan fingerprint density at radius 3 is 2.73 bits per heavy atom. The minimum Gasteiger partial charge on any atom is -0.369 e. The molecule has 0 radical (unpaired) electrons. The highest BCUT2D eigenvalue weighted by atomic mass is 16.1. The van der Waals surface area contributed by atoms with E-state index in [1.165, 1.54) is 12.8 Å². The highest BCUT2D eigenvalue weighted by Crippen LogP contribution is 2.46. The van der Waals surface area contributed by atoms with E-state index in [4.69, 9.17) is 5.73 Å². The first kappa shape index (κ1) is 15.2. The van der Waals surface area contributed by atoms with Gasteiger partial charge in [-0.25, -0.2) is 4.98 Å². The van der Waals surface area contributed by atoms with E-state index >= 15 is 0 Å². The summed E-state index contributed by atoms with van der Waals surface area (Å²) >= 11 is 0. The molecule has 0 aromatic carbocycles. The van der Waals surface area contributed by atoms with Gasteiger partial charge in [0.15, 0.2) is 0 Å². The third-order valence-electron chi connectivity index (χ3n) is 4.82. The first-order chi connectivity index (χ1) is 10.6. The summed E-state index contributed by atoms with van der Waals surface area (Å²) in [6, 6.07) is 3.46. The lowest BCUT2D eigenvalue weighted by molar-refractivity contribution is 0.100. The average Bonchev–Trinajstić information content (AvgIpc) is 3.28. The van der Waals surface area contributed by atoms with Crippen LogP contribution in [-0.2, 0) is 0 Å². The molecule has 3 rings (SSSR count).